The highest BCUT2D eigenvalue weighted by Crippen LogP contribution is 2.27. The quantitative estimate of drug-likeness (QED) is 0.661. The van der Waals surface area contributed by atoms with Crippen molar-refractivity contribution >= 4 is 15.9 Å². The molecule has 0 aliphatic rings. The third-order valence-electron chi connectivity index (χ3n) is 2.49. The Morgan fingerprint density at radius 1 is 1.53 bits per heavy atom. The zero-order valence-corrected chi connectivity index (χ0v) is 10.6. The lowest BCUT2D eigenvalue weighted by Crippen LogP contribution is -2.30. The maximum atomic E-state index is 13.0. The Kier molecular flexibility index (Phi) is 3.51. The zero-order chi connectivity index (χ0) is 12.4. The molecule has 1 aromatic carbocycles. The molecule has 17 heavy (non-hydrogen) atoms. The van der Waals surface area contributed by atoms with Gasteiger partial charge < -0.3 is 0 Å². The molecule has 1 atom stereocenters. The van der Waals surface area contributed by atoms with Crippen LogP contribution in [-0.4, -0.2) is 15.0 Å². The largest absolute Gasteiger partial charge is 0.271 e. The Morgan fingerprint density at radius 3 is 2.82 bits per heavy atom. The van der Waals surface area contributed by atoms with Crippen molar-refractivity contribution in [3.63, 3.8) is 0 Å². The van der Waals surface area contributed by atoms with Gasteiger partial charge in [0.2, 0.25) is 0 Å². The molecule has 1 unspecified atom stereocenters. The van der Waals surface area contributed by atoms with E-state index in [2.05, 4.69) is 31.7 Å². The first kappa shape index (κ1) is 12.2. The molecule has 90 valence electrons. The van der Waals surface area contributed by atoms with Crippen LogP contribution in [0.15, 0.2) is 28.9 Å². The summed E-state index contributed by atoms with van der Waals surface area (Å²) in [6, 6.07) is 4.14. The Morgan fingerprint density at radius 2 is 2.29 bits per heavy atom. The third-order valence-corrected chi connectivity index (χ3v) is 3.17. The van der Waals surface area contributed by atoms with Gasteiger partial charge in [-0.2, -0.15) is 0 Å². The molecule has 2 aromatic rings. The smallest absolute Gasteiger partial charge is 0.124 e. The minimum absolute atomic E-state index is 0.301. The van der Waals surface area contributed by atoms with Crippen LogP contribution in [0.4, 0.5) is 4.39 Å². The standard InChI is InChI=1S/C10H11BrFN5/c1-17-9(5-14-16-17)10(15-13)7-3-2-6(12)4-8(7)11/h2-5,10,15H,13H2,1H3. The van der Waals surface area contributed by atoms with Crippen LogP contribution >= 0.6 is 15.9 Å². The fraction of sp³-hybridized carbons (Fsp3) is 0.200. The van der Waals surface area contributed by atoms with E-state index in [1.807, 2.05) is 0 Å². The Labute approximate surface area is 106 Å². The van der Waals surface area contributed by atoms with Crippen LogP contribution in [0.3, 0.4) is 0 Å². The van der Waals surface area contributed by atoms with Gasteiger partial charge in [0.15, 0.2) is 0 Å². The van der Waals surface area contributed by atoms with E-state index in [4.69, 9.17) is 5.84 Å². The van der Waals surface area contributed by atoms with Gasteiger partial charge in [-0.3, -0.25) is 10.5 Å². The van der Waals surface area contributed by atoms with Gasteiger partial charge in [0.25, 0.3) is 0 Å². The Bertz CT molecular complexity index is 527. The van der Waals surface area contributed by atoms with Crippen molar-refractivity contribution in [2.45, 2.75) is 6.04 Å². The van der Waals surface area contributed by atoms with Crippen molar-refractivity contribution in [3.05, 3.63) is 45.9 Å². The predicted octanol–water partition coefficient (Wildman–Crippen LogP) is 1.27. The molecule has 7 heteroatoms. The fourth-order valence-electron chi connectivity index (χ4n) is 1.63. The van der Waals surface area contributed by atoms with Crippen molar-refractivity contribution in [2.24, 2.45) is 12.9 Å². The molecule has 0 fully saturated rings. The average Bonchev–Trinajstić information content (AvgIpc) is 2.69. The normalized spacial score (nSPS) is 12.7. The van der Waals surface area contributed by atoms with Crippen LogP contribution < -0.4 is 11.3 Å². The lowest BCUT2D eigenvalue weighted by atomic mass is 10.0. The number of hydrogen-bond donors (Lipinski definition) is 2. The molecule has 0 amide bonds. The van der Waals surface area contributed by atoms with Gasteiger partial charge in [-0.15, -0.1) is 5.10 Å². The van der Waals surface area contributed by atoms with E-state index < -0.39 is 0 Å². The topological polar surface area (TPSA) is 68.8 Å². The van der Waals surface area contributed by atoms with Gasteiger partial charge in [-0.05, 0) is 17.7 Å². The summed E-state index contributed by atoms with van der Waals surface area (Å²) >= 11 is 3.31. The van der Waals surface area contributed by atoms with Gasteiger partial charge in [0.1, 0.15) is 5.82 Å². The van der Waals surface area contributed by atoms with Crippen LogP contribution in [0.25, 0.3) is 0 Å². The summed E-state index contributed by atoms with van der Waals surface area (Å²) in [5, 5.41) is 7.63. The molecule has 0 bridgehead atoms. The molecule has 0 radical (unpaired) electrons. The van der Waals surface area contributed by atoms with E-state index in [9.17, 15) is 4.39 Å². The first-order valence-electron chi connectivity index (χ1n) is 4.89. The maximum Gasteiger partial charge on any atom is 0.124 e. The second-order valence-electron chi connectivity index (χ2n) is 3.55. The lowest BCUT2D eigenvalue weighted by Gasteiger charge is -2.17. The van der Waals surface area contributed by atoms with Gasteiger partial charge in [-0.25, -0.2) is 9.82 Å². The van der Waals surface area contributed by atoms with E-state index in [-0.39, 0.29) is 11.9 Å². The molecular weight excluding hydrogens is 289 g/mol. The van der Waals surface area contributed by atoms with E-state index in [0.29, 0.717) is 4.47 Å². The minimum atomic E-state index is -0.306. The molecule has 2 rings (SSSR count). The van der Waals surface area contributed by atoms with Crippen LogP contribution in [0.5, 0.6) is 0 Å². The number of hydrogen-bond acceptors (Lipinski definition) is 4. The van der Waals surface area contributed by atoms with E-state index >= 15 is 0 Å². The molecule has 0 spiro atoms. The summed E-state index contributed by atoms with van der Waals surface area (Å²) in [6.07, 6.45) is 1.61. The van der Waals surface area contributed by atoms with Gasteiger partial charge in [0.05, 0.1) is 17.9 Å². The molecular formula is C10H11BrFN5. The summed E-state index contributed by atoms with van der Waals surface area (Å²) in [5.74, 6) is 5.23. The van der Waals surface area contributed by atoms with E-state index in [0.717, 1.165) is 11.3 Å². The first-order chi connectivity index (χ1) is 8.13. The number of halogens is 2. The van der Waals surface area contributed by atoms with Crippen LogP contribution in [0.1, 0.15) is 17.3 Å². The highest BCUT2D eigenvalue weighted by Gasteiger charge is 2.19. The predicted molar refractivity (Wildman–Crippen MR) is 64.3 cm³/mol. The fourth-order valence-corrected chi connectivity index (χ4v) is 2.21. The van der Waals surface area contributed by atoms with Crippen molar-refractivity contribution < 1.29 is 4.39 Å². The number of benzene rings is 1. The Hall–Kier alpha value is -1.31. The van der Waals surface area contributed by atoms with Crippen molar-refractivity contribution in [2.75, 3.05) is 0 Å². The van der Waals surface area contributed by atoms with Crippen molar-refractivity contribution in [3.8, 4) is 0 Å². The van der Waals surface area contributed by atoms with Crippen molar-refractivity contribution in [1.82, 2.24) is 20.4 Å². The van der Waals surface area contributed by atoms with E-state index in [1.165, 1.54) is 12.1 Å². The van der Waals surface area contributed by atoms with Gasteiger partial charge in [-0.1, -0.05) is 27.2 Å². The molecule has 5 nitrogen and oxygen atoms in total. The summed E-state index contributed by atoms with van der Waals surface area (Å²) in [7, 11) is 1.77. The number of aromatic nitrogens is 3. The first-order valence-corrected chi connectivity index (χ1v) is 5.68. The molecule has 0 aliphatic carbocycles. The van der Waals surface area contributed by atoms with Crippen LogP contribution in [-0.2, 0) is 7.05 Å². The number of hydrazine groups is 1. The number of rotatable bonds is 3. The molecule has 1 aromatic heterocycles. The van der Waals surface area contributed by atoms with Gasteiger partial charge in [0, 0.05) is 11.5 Å². The summed E-state index contributed by atoms with van der Waals surface area (Å²) in [4.78, 5) is 0. The second-order valence-corrected chi connectivity index (χ2v) is 4.40. The average molecular weight is 300 g/mol. The highest BCUT2D eigenvalue weighted by molar-refractivity contribution is 9.10. The number of aryl methyl sites for hydroxylation is 1. The molecule has 3 N–H and O–H groups in total. The molecule has 0 saturated heterocycles. The Balaban J connectivity index is 2.46. The monoisotopic (exact) mass is 299 g/mol. The summed E-state index contributed by atoms with van der Waals surface area (Å²) < 4.78 is 15.3. The highest BCUT2D eigenvalue weighted by atomic mass is 79.9. The van der Waals surface area contributed by atoms with Gasteiger partial charge >= 0.3 is 0 Å². The molecule has 0 saturated carbocycles. The van der Waals surface area contributed by atoms with Crippen molar-refractivity contribution in [1.29, 1.82) is 0 Å². The third kappa shape index (κ3) is 2.36. The molecule has 0 aliphatic heterocycles. The molecule has 1 heterocycles. The van der Waals surface area contributed by atoms with Crippen LogP contribution in [0.2, 0.25) is 0 Å². The zero-order valence-electron chi connectivity index (χ0n) is 9.06. The van der Waals surface area contributed by atoms with E-state index in [1.54, 1.807) is 24.0 Å². The second kappa shape index (κ2) is 4.91. The summed E-state index contributed by atoms with van der Waals surface area (Å²) in [5.41, 5.74) is 4.28. The minimum Gasteiger partial charge on any atom is -0.271 e. The maximum absolute atomic E-state index is 13.0. The lowest BCUT2D eigenvalue weighted by molar-refractivity contribution is 0.566. The van der Waals surface area contributed by atoms with Crippen LogP contribution in [0, 0.1) is 5.82 Å². The SMILES string of the molecule is Cn1nncc1C(NN)c1ccc(F)cc1Br. The number of nitrogens with zero attached hydrogens (tertiary/aromatic N) is 3. The number of nitrogens with one attached hydrogen (secondary N) is 1. The number of nitrogens with two attached hydrogens (primary N) is 1. The summed E-state index contributed by atoms with van der Waals surface area (Å²) in [6.45, 7) is 0.